The van der Waals surface area contributed by atoms with Gasteiger partial charge in [0.25, 0.3) is 0 Å². The molecule has 0 saturated carbocycles. The smallest absolute Gasteiger partial charge is 0.198 e. The molecule has 1 fully saturated rings. The maximum Gasteiger partial charge on any atom is 1.00 e. The normalized spacial score (nSPS) is 15.9. The van der Waals surface area contributed by atoms with Crippen LogP contribution in [0.15, 0.2) is 0 Å². The van der Waals surface area contributed by atoms with Crippen molar-refractivity contribution in [1.29, 1.82) is 5.26 Å². The molecule has 0 aromatic carbocycles. The minimum atomic E-state index is 0. The molecule has 0 spiro atoms. The van der Waals surface area contributed by atoms with Crippen LogP contribution < -0.4 is 29.6 Å². The molecule has 0 unspecified atom stereocenters. The average Bonchev–Trinajstić information content (AvgIpc) is 1.55. The predicted octanol–water partition coefficient (Wildman–Crippen LogP) is -3.18. The van der Waals surface area contributed by atoms with Crippen molar-refractivity contribution in [2.45, 2.75) is 6.42 Å². The van der Waals surface area contributed by atoms with Gasteiger partial charge in [0.15, 0.2) is 0 Å². The maximum atomic E-state index is 8.14. The molecule has 0 aromatic heterocycles. The molecule has 0 amide bonds. The van der Waals surface area contributed by atoms with Gasteiger partial charge in [0.1, 0.15) is 0 Å². The van der Waals surface area contributed by atoms with Crippen LogP contribution in [0.1, 0.15) is 6.42 Å². The number of rotatable bonds is 1. The Kier molecular flexibility index (Phi) is 9.80. The Labute approximate surface area is 84.4 Å². The second-order valence-electron chi connectivity index (χ2n) is 1.77. The molecule has 0 aliphatic carbocycles. The first-order chi connectivity index (χ1) is 3.43. The van der Waals surface area contributed by atoms with E-state index in [0.29, 0.717) is 0 Å². The van der Waals surface area contributed by atoms with E-state index in [2.05, 4.69) is 6.07 Å². The van der Waals surface area contributed by atoms with Gasteiger partial charge in [-0.3, -0.25) is 0 Å². The molecular weight excluding hydrogens is 140 g/mol. The Morgan fingerprint density at radius 1 is 1.56 bits per heavy atom. The summed E-state index contributed by atoms with van der Waals surface area (Å²) in [6.45, 7) is 0. The average molecular weight is 151 g/mol. The zero-order valence-corrected chi connectivity index (χ0v) is 7.87. The van der Waals surface area contributed by atoms with Crippen molar-refractivity contribution in [3.05, 3.63) is 0 Å². The summed E-state index contributed by atoms with van der Waals surface area (Å²) in [6, 6.07) is 2.16. The van der Waals surface area contributed by atoms with Gasteiger partial charge in [-0.2, -0.15) is 17.0 Å². The number of nitriles is 1. The van der Waals surface area contributed by atoms with Crippen molar-refractivity contribution in [2.75, 3.05) is 11.5 Å². The zero-order valence-electron chi connectivity index (χ0n) is 5.05. The van der Waals surface area contributed by atoms with Gasteiger partial charge in [0.2, 0.25) is 0 Å². The van der Waals surface area contributed by atoms with Crippen LogP contribution >= 0.6 is 11.8 Å². The Morgan fingerprint density at radius 3 is 2.22 bits per heavy atom. The largest absolute Gasteiger partial charge is 1.00 e. The van der Waals surface area contributed by atoms with Gasteiger partial charge in [0, 0.05) is 6.42 Å². The first-order valence-electron chi connectivity index (χ1n) is 2.38. The quantitative estimate of drug-likeness (QED) is 0.369. The summed E-state index contributed by atoms with van der Waals surface area (Å²) in [5, 5.41) is 8.14. The van der Waals surface area contributed by atoms with Crippen LogP contribution in [0.3, 0.4) is 0 Å². The van der Waals surface area contributed by atoms with Crippen LogP contribution in [-0.2, 0) is 0 Å². The molecule has 0 N–H and O–H groups in total. The van der Waals surface area contributed by atoms with Crippen LogP contribution in [0.25, 0.3) is 0 Å². The van der Waals surface area contributed by atoms with Crippen LogP contribution in [0, 0.1) is 17.2 Å². The van der Waals surface area contributed by atoms with Crippen LogP contribution in [0.5, 0.6) is 0 Å². The van der Waals surface area contributed by atoms with Crippen LogP contribution in [-0.4, -0.2) is 19.9 Å². The van der Waals surface area contributed by atoms with Gasteiger partial charge in [0.05, 0.1) is 6.07 Å². The van der Waals surface area contributed by atoms with Crippen molar-refractivity contribution in [1.82, 2.24) is 0 Å². The van der Waals surface area contributed by atoms with Gasteiger partial charge < -0.3 is 0 Å². The number of hydrogen-bond donors (Lipinski definition) is 0. The molecule has 1 rings (SSSR count). The summed E-state index contributed by atoms with van der Waals surface area (Å²) in [7, 11) is 0. The van der Waals surface area contributed by atoms with Crippen molar-refractivity contribution in [3.8, 4) is 6.07 Å². The second-order valence-corrected chi connectivity index (χ2v) is 2.84. The maximum absolute atomic E-state index is 8.14. The Morgan fingerprint density at radius 2 is 2.11 bits per heavy atom. The van der Waals surface area contributed by atoms with Gasteiger partial charge >= 0.3 is 29.6 Å². The first kappa shape index (κ1) is 12.6. The molecule has 0 atom stereocenters. The standard InChI is InChI=1S/C5H7NS.BH4.Na/c6-2-1-5-3-7-4-5;;/h5H,1,3-4H2;1H4;/q;-1;+1. The molecule has 0 aromatic rings. The Hall–Kier alpha value is 0.905. The summed E-state index contributed by atoms with van der Waals surface area (Å²) in [6.07, 6.45) is 0.771. The summed E-state index contributed by atoms with van der Waals surface area (Å²) in [4.78, 5) is 0. The number of thioether (sulfide) groups is 1. The molecule has 1 saturated heterocycles. The third kappa shape index (κ3) is 4.33. The van der Waals surface area contributed by atoms with Crippen molar-refractivity contribution in [3.63, 3.8) is 0 Å². The third-order valence-corrected chi connectivity index (χ3v) is 2.50. The molecule has 4 heteroatoms. The van der Waals surface area contributed by atoms with Gasteiger partial charge in [-0.25, -0.2) is 0 Å². The SMILES string of the molecule is N#CCC1CSC1.[BH4-].[Na+]. The Bertz CT molecular complexity index is 99.6. The molecule has 46 valence electrons. The fourth-order valence-corrected chi connectivity index (χ4v) is 1.34. The van der Waals surface area contributed by atoms with E-state index in [-0.39, 0.29) is 38.0 Å². The third-order valence-electron chi connectivity index (χ3n) is 1.09. The number of hydrogen-bond acceptors (Lipinski definition) is 2. The molecule has 1 heterocycles. The second kappa shape index (κ2) is 7.02. The van der Waals surface area contributed by atoms with Crippen molar-refractivity contribution in [2.24, 2.45) is 5.92 Å². The molecule has 1 aliphatic heterocycles. The van der Waals surface area contributed by atoms with Gasteiger partial charge in [-0.1, -0.05) is 8.41 Å². The summed E-state index contributed by atoms with van der Waals surface area (Å²) >= 11 is 1.93. The fourth-order valence-electron chi connectivity index (χ4n) is 0.531. The van der Waals surface area contributed by atoms with E-state index in [9.17, 15) is 0 Å². The van der Waals surface area contributed by atoms with Crippen LogP contribution in [0.2, 0.25) is 0 Å². The summed E-state index contributed by atoms with van der Waals surface area (Å²) in [5.41, 5.74) is 0. The molecule has 0 radical (unpaired) electrons. The topological polar surface area (TPSA) is 23.8 Å². The van der Waals surface area contributed by atoms with E-state index < -0.39 is 0 Å². The molecule has 0 bridgehead atoms. The minimum Gasteiger partial charge on any atom is -0.198 e. The van der Waals surface area contributed by atoms with E-state index in [1.807, 2.05) is 11.8 Å². The minimum absolute atomic E-state index is 0. The van der Waals surface area contributed by atoms with E-state index in [1.54, 1.807) is 0 Å². The Balaban J connectivity index is 0. The van der Waals surface area contributed by atoms with E-state index in [4.69, 9.17) is 5.26 Å². The first-order valence-corrected chi connectivity index (χ1v) is 3.53. The fraction of sp³-hybridized carbons (Fsp3) is 0.800. The summed E-state index contributed by atoms with van der Waals surface area (Å²) in [5.74, 6) is 3.16. The molecular formula is C5H11BNNaS. The van der Waals surface area contributed by atoms with Gasteiger partial charge in [-0.15, -0.1) is 0 Å². The monoisotopic (exact) mass is 151 g/mol. The predicted molar refractivity (Wildman–Crippen MR) is 42.4 cm³/mol. The van der Waals surface area contributed by atoms with E-state index in [1.165, 1.54) is 11.5 Å². The molecule has 9 heavy (non-hydrogen) atoms. The van der Waals surface area contributed by atoms with Gasteiger partial charge in [-0.05, 0) is 17.4 Å². The molecule has 1 nitrogen and oxygen atoms in total. The van der Waals surface area contributed by atoms with E-state index >= 15 is 0 Å². The summed E-state index contributed by atoms with van der Waals surface area (Å²) < 4.78 is 0. The van der Waals surface area contributed by atoms with Crippen molar-refractivity contribution >= 4 is 20.2 Å². The molecule has 1 aliphatic rings. The van der Waals surface area contributed by atoms with Crippen molar-refractivity contribution < 1.29 is 29.6 Å². The van der Waals surface area contributed by atoms with Crippen LogP contribution in [0.4, 0.5) is 0 Å². The zero-order chi connectivity index (χ0) is 5.11. The number of nitrogens with zero attached hydrogens (tertiary/aromatic N) is 1. The van der Waals surface area contributed by atoms with E-state index in [0.717, 1.165) is 12.3 Å².